The summed E-state index contributed by atoms with van der Waals surface area (Å²) in [5, 5.41) is 14.0. The number of benzene rings is 4. The molecule has 0 atom stereocenters. The molecule has 0 amide bonds. The van der Waals surface area contributed by atoms with Crippen LogP contribution in [0.25, 0.3) is 33.1 Å². The Morgan fingerprint density at radius 2 is 1.68 bits per heavy atom. The van der Waals surface area contributed by atoms with Gasteiger partial charge >= 0.3 is 0 Å². The van der Waals surface area contributed by atoms with Crippen LogP contribution in [-0.4, -0.2) is 35.4 Å². The zero-order valence-electron chi connectivity index (χ0n) is 21.9. The Bertz CT molecular complexity index is 2030. The Morgan fingerprint density at radius 1 is 0.878 bits per heavy atom. The van der Waals surface area contributed by atoms with E-state index in [0.29, 0.717) is 40.0 Å². The molecule has 0 saturated heterocycles. The lowest BCUT2D eigenvalue weighted by atomic mass is 10.0. The summed E-state index contributed by atoms with van der Waals surface area (Å²) in [6, 6.07) is 26.1. The summed E-state index contributed by atoms with van der Waals surface area (Å²) in [6.07, 6.45) is 0. The maximum atomic E-state index is 13.4. The maximum Gasteiger partial charge on any atom is 0.241 e. The van der Waals surface area contributed by atoms with Gasteiger partial charge in [-0.3, -0.25) is 0 Å². The molecule has 0 unspecified atom stereocenters. The van der Waals surface area contributed by atoms with Crippen molar-refractivity contribution in [3.05, 3.63) is 96.3 Å². The Labute approximate surface area is 235 Å². The number of nitrogens with zero attached hydrogens (tertiary/aromatic N) is 3. The van der Waals surface area contributed by atoms with E-state index in [2.05, 4.69) is 30.2 Å². The van der Waals surface area contributed by atoms with Crippen molar-refractivity contribution >= 4 is 43.3 Å². The standard InChI is InChI=1S/C30H24N6O4S/c1-18-10-11-19(14-27(18)41(37,38)31-16-28-33-23-8-4-5-9-24(23)34-28)29-21-6-2-3-7-22(21)30(36-35-29)32-20-12-13-25-26(15-20)40-17-39-25/h2-15,31H,16-17H2,1H3,(H,32,36)(H,33,34). The molecular weight excluding hydrogens is 540 g/mol. The van der Waals surface area contributed by atoms with Crippen LogP contribution in [0.4, 0.5) is 11.5 Å². The monoisotopic (exact) mass is 564 g/mol. The van der Waals surface area contributed by atoms with Crippen molar-refractivity contribution in [1.29, 1.82) is 0 Å². The van der Waals surface area contributed by atoms with Gasteiger partial charge in [0.2, 0.25) is 16.8 Å². The third kappa shape index (κ3) is 4.71. The van der Waals surface area contributed by atoms with E-state index < -0.39 is 10.0 Å². The number of para-hydroxylation sites is 2. The molecule has 11 heteroatoms. The van der Waals surface area contributed by atoms with Gasteiger partial charge in [-0.05, 0) is 42.8 Å². The molecule has 0 spiro atoms. The first-order valence-corrected chi connectivity index (χ1v) is 14.4. The van der Waals surface area contributed by atoms with Gasteiger partial charge in [0.05, 0.1) is 22.5 Å². The van der Waals surface area contributed by atoms with E-state index in [1.807, 2.05) is 72.8 Å². The van der Waals surface area contributed by atoms with Crippen LogP contribution in [0.3, 0.4) is 0 Å². The number of sulfonamides is 1. The fourth-order valence-corrected chi connectivity index (χ4v) is 6.14. The lowest BCUT2D eigenvalue weighted by Gasteiger charge is -2.13. The SMILES string of the molecule is Cc1ccc(-c2nnc(Nc3ccc4c(c3)OCO4)c3ccccc23)cc1S(=O)(=O)NCc1nc2ccccc2[nH]1. The molecule has 0 aliphatic carbocycles. The van der Waals surface area contributed by atoms with Crippen molar-refractivity contribution in [1.82, 2.24) is 24.9 Å². The number of rotatable bonds is 7. The highest BCUT2D eigenvalue weighted by atomic mass is 32.2. The van der Waals surface area contributed by atoms with Crippen LogP contribution in [0.1, 0.15) is 11.4 Å². The molecule has 0 radical (unpaired) electrons. The third-order valence-corrected chi connectivity index (χ3v) is 8.49. The summed E-state index contributed by atoms with van der Waals surface area (Å²) < 4.78 is 40.4. The highest BCUT2D eigenvalue weighted by molar-refractivity contribution is 7.89. The Hall–Kier alpha value is -5.00. The number of ether oxygens (including phenoxy) is 2. The largest absolute Gasteiger partial charge is 0.454 e. The minimum atomic E-state index is -3.86. The lowest BCUT2D eigenvalue weighted by Crippen LogP contribution is -2.24. The fraction of sp³-hybridized carbons (Fsp3) is 0.100. The molecule has 10 nitrogen and oxygen atoms in total. The summed E-state index contributed by atoms with van der Waals surface area (Å²) in [7, 11) is -3.86. The molecule has 3 heterocycles. The molecule has 3 N–H and O–H groups in total. The predicted octanol–water partition coefficient (Wildman–Crippen LogP) is 5.43. The van der Waals surface area contributed by atoms with Crippen molar-refractivity contribution < 1.29 is 17.9 Å². The quantitative estimate of drug-likeness (QED) is 0.234. The van der Waals surface area contributed by atoms with Gasteiger partial charge in [0.15, 0.2) is 17.3 Å². The van der Waals surface area contributed by atoms with E-state index in [0.717, 1.165) is 27.5 Å². The number of anilines is 2. The van der Waals surface area contributed by atoms with Crippen LogP contribution in [0, 0.1) is 6.92 Å². The van der Waals surface area contributed by atoms with Crippen LogP contribution in [0.2, 0.25) is 0 Å². The number of fused-ring (bicyclic) bond motifs is 3. The van der Waals surface area contributed by atoms with Crippen LogP contribution in [0.15, 0.2) is 89.8 Å². The number of nitrogens with one attached hydrogen (secondary N) is 3. The van der Waals surface area contributed by atoms with Crippen molar-refractivity contribution in [3.8, 4) is 22.8 Å². The summed E-state index contributed by atoms with van der Waals surface area (Å²) in [5.74, 6) is 2.45. The van der Waals surface area contributed by atoms with Gasteiger partial charge in [0, 0.05) is 28.1 Å². The van der Waals surface area contributed by atoms with Crippen LogP contribution in [0.5, 0.6) is 11.5 Å². The van der Waals surface area contributed by atoms with Crippen LogP contribution in [-0.2, 0) is 16.6 Å². The molecule has 204 valence electrons. The zero-order valence-corrected chi connectivity index (χ0v) is 22.7. The fourth-order valence-electron chi connectivity index (χ4n) is 4.89. The van der Waals surface area contributed by atoms with Crippen molar-refractivity contribution in [2.45, 2.75) is 18.4 Å². The van der Waals surface area contributed by atoms with Gasteiger partial charge in [-0.25, -0.2) is 18.1 Å². The number of aromatic nitrogens is 4. The van der Waals surface area contributed by atoms with Gasteiger partial charge in [0.25, 0.3) is 0 Å². The van der Waals surface area contributed by atoms with Crippen molar-refractivity contribution in [2.75, 3.05) is 12.1 Å². The average Bonchev–Trinajstić information content (AvgIpc) is 3.63. The van der Waals surface area contributed by atoms with Gasteiger partial charge < -0.3 is 19.8 Å². The number of imidazole rings is 1. The number of hydrogen-bond acceptors (Lipinski definition) is 8. The highest BCUT2D eigenvalue weighted by Gasteiger charge is 2.21. The molecule has 1 aliphatic rings. The number of hydrogen-bond donors (Lipinski definition) is 3. The van der Waals surface area contributed by atoms with E-state index in [9.17, 15) is 8.42 Å². The first-order chi connectivity index (χ1) is 19.9. The summed E-state index contributed by atoms with van der Waals surface area (Å²) >= 11 is 0. The van der Waals surface area contributed by atoms with Crippen molar-refractivity contribution in [3.63, 3.8) is 0 Å². The summed E-state index contributed by atoms with van der Waals surface area (Å²) in [6.45, 7) is 1.99. The average molecular weight is 565 g/mol. The smallest absolute Gasteiger partial charge is 0.241 e. The normalized spacial score (nSPS) is 12.7. The molecule has 1 aliphatic heterocycles. The molecule has 41 heavy (non-hydrogen) atoms. The second-order valence-electron chi connectivity index (χ2n) is 9.64. The first kappa shape index (κ1) is 25.0. The maximum absolute atomic E-state index is 13.4. The van der Waals surface area contributed by atoms with E-state index in [4.69, 9.17) is 9.47 Å². The Morgan fingerprint density at radius 3 is 2.56 bits per heavy atom. The van der Waals surface area contributed by atoms with Crippen LogP contribution < -0.4 is 19.5 Å². The highest BCUT2D eigenvalue weighted by Crippen LogP contribution is 2.37. The second-order valence-corrected chi connectivity index (χ2v) is 11.4. The molecule has 6 aromatic rings. The Balaban J connectivity index is 1.20. The zero-order chi connectivity index (χ0) is 28.0. The number of aryl methyl sites for hydroxylation is 1. The first-order valence-electron chi connectivity index (χ1n) is 12.9. The van der Waals surface area contributed by atoms with Gasteiger partial charge in [-0.15, -0.1) is 10.2 Å². The summed E-state index contributed by atoms with van der Waals surface area (Å²) in [4.78, 5) is 7.78. The molecule has 0 fully saturated rings. The van der Waals surface area contributed by atoms with Crippen molar-refractivity contribution in [2.24, 2.45) is 0 Å². The van der Waals surface area contributed by atoms with Gasteiger partial charge in [-0.1, -0.05) is 48.5 Å². The molecular formula is C30H24N6O4S. The molecule has 4 aromatic carbocycles. The van der Waals surface area contributed by atoms with E-state index >= 15 is 0 Å². The Kier molecular flexibility index (Phi) is 6.02. The molecule has 2 aromatic heterocycles. The van der Waals surface area contributed by atoms with Gasteiger partial charge in [0.1, 0.15) is 11.5 Å². The minimum Gasteiger partial charge on any atom is -0.454 e. The predicted molar refractivity (Wildman–Crippen MR) is 156 cm³/mol. The molecule has 0 saturated carbocycles. The third-order valence-electron chi connectivity index (χ3n) is 6.94. The van der Waals surface area contributed by atoms with Gasteiger partial charge in [-0.2, -0.15) is 0 Å². The van der Waals surface area contributed by atoms with Crippen LogP contribution >= 0.6 is 0 Å². The number of H-pyrrole nitrogens is 1. The van der Waals surface area contributed by atoms with E-state index in [1.54, 1.807) is 19.1 Å². The van der Waals surface area contributed by atoms with E-state index in [-0.39, 0.29) is 18.2 Å². The second kappa shape index (κ2) is 9.88. The van der Waals surface area contributed by atoms with E-state index in [1.165, 1.54) is 0 Å². The lowest BCUT2D eigenvalue weighted by molar-refractivity contribution is 0.174. The summed E-state index contributed by atoms with van der Waals surface area (Å²) in [5.41, 5.74) is 4.23. The molecule has 0 bridgehead atoms. The number of aromatic amines is 1. The topological polar surface area (TPSA) is 131 Å². The minimum absolute atomic E-state index is 0.0314. The molecule has 7 rings (SSSR count).